The van der Waals surface area contributed by atoms with Gasteiger partial charge in [0.1, 0.15) is 5.56 Å². The molecule has 30 heavy (non-hydrogen) atoms. The van der Waals surface area contributed by atoms with Crippen LogP contribution in [0.1, 0.15) is 16.7 Å². The zero-order chi connectivity index (χ0) is 21.9. The van der Waals surface area contributed by atoms with Gasteiger partial charge in [-0.1, -0.05) is 11.6 Å². The Morgan fingerprint density at radius 1 is 1.23 bits per heavy atom. The molecule has 3 heterocycles. The van der Waals surface area contributed by atoms with Gasteiger partial charge in [-0.05, 0) is 48.5 Å². The lowest BCUT2D eigenvalue weighted by molar-refractivity contribution is -0.137. The Kier molecular flexibility index (Phi) is 7.12. The molecule has 4 N–H and O–H groups in total. The highest BCUT2D eigenvalue weighted by Crippen LogP contribution is 2.39. The van der Waals surface area contributed by atoms with Crippen LogP contribution >= 0.6 is 35.6 Å². The van der Waals surface area contributed by atoms with E-state index in [0.29, 0.717) is 21.3 Å². The maximum Gasteiger partial charge on any atom is 0.420 e. The van der Waals surface area contributed by atoms with Crippen molar-refractivity contribution in [3.63, 3.8) is 0 Å². The van der Waals surface area contributed by atoms with Gasteiger partial charge in [0.2, 0.25) is 5.95 Å². The van der Waals surface area contributed by atoms with E-state index < -0.39 is 11.7 Å². The van der Waals surface area contributed by atoms with Gasteiger partial charge in [0.25, 0.3) is 0 Å². The molecule has 0 radical (unpaired) electrons. The maximum absolute atomic E-state index is 13.4. The lowest BCUT2D eigenvalue weighted by Crippen LogP contribution is -2.23. The van der Waals surface area contributed by atoms with Crippen LogP contribution in [0.2, 0.25) is 5.02 Å². The first-order valence-corrected chi connectivity index (χ1v) is 11.0. The number of halogens is 4. The first kappa shape index (κ1) is 22.7. The summed E-state index contributed by atoms with van der Waals surface area (Å²) in [6.07, 6.45) is -1.27. The van der Waals surface area contributed by atoms with Crippen molar-refractivity contribution in [1.82, 2.24) is 15.3 Å². The van der Waals surface area contributed by atoms with Crippen molar-refractivity contribution in [3.05, 3.63) is 51.5 Å². The molecule has 0 spiro atoms. The summed E-state index contributed by atoms with van der Waals surface area (Å²) in [5.41, 5.74) is 7.70. The van der Waals surface area contributed by atoms with E-state index in [1.54, 1.807) is 11.6 Å². The van der Waals surface area contributed by atoms with Crippen LogP contribution in [0.15, 0.2) is 29.8 Å². The zero-order valence-electron chi connectivity index (χ0n) is 15.8. The number of anilines is 3. The van der Waals surface area contributed by atoms with Crippen molar-refractivity contribution >= 4 is 52.9 Å². The summed E-state index contributed by atoms with van der Waals surface area (Å²) in [5, 5.41) is 8.24. The minimum absolute atomic E-state index is 0.0331. The summed E-state index contributed by atoms with van der Waals surface area (Å²) < 4.78 is 40.2. The molecule has 1 aromatic carbocycles. The van der Waals surface area contributed by atoms with Crippen LogP contribution in [0.5, 0.6) is 0 Å². The van der Waals surface area contributed by atoms with Crippen molar-refractivity contribution in [2.75, 3.05) is 23.9 Å². The largest absolute Gasteiger partial charge is 0.420 e. The Labute approximate surface area is 186 Å². The summed E-state index contributed by atoms with van der Waals surface area (Å²) in [6, 6.07) is 5.20. The van der Waals surface area contributed by atoms with Crippen molar-refractivity contribution in [2.24, 2.45) is 0 Å². The normalized spacial score (nSPS) is 13.3. The Bertz CT molecular complexity index is 1040. The number of hydrogen-bond acceptors (Lipinski definition) is 7. The summed E-state index contributed by atoms with van der Waals surface area (Å²) >= 11 is 11.0. The van der Waals surface area contributed by atoms with Crippen molar-refractivity contribution < 1.29 is 13.2 Å². The number of thiol groups is 1. The Hall–Kier alpha value is -2.01. The van der Waals surface area contributed by atoms with Gasteiger partial charge in [-0.3, -0.25) is 0 Å². The summed E-state index contributed by atoms with van der Waals surface area (Å²) in [7, 11) is 0. The molecule has 0 bridgehead atoms. The fourth-order valence-electron chi connectivity index (χ4n) is 3.03. The zero-order valence-corrected chi connectivity index (χ0v) is 18.3. The molecule has 1 aliphatic heterocycles. The number of thiophene rings is 1. The summed E-state index contributed by atoms with van der Waals surface area (Å²) in [5.74, 6) is 0.0331. The monoisotopic (exact) mass is 473 g/mol. The number of nitrogens with one attached hydrogen (secondary N) is 2. The van der Waals surface area contributed by atoms with Crippen LogP contribution < -0.4 is 16.4 Å². The minimum atomic E-state index is -4.58. The third-order valence-corrected chi connectivity index (χ3v) is 5.64. The highest BCUT2D eigenvalue weighted by molar-refractivity contribution is 7.79. The molecule has 4 rings (SSSR count). The molecular weight excluding hydrogens is 455 g/mol. The van der Waals surface area contributed by atoms with E-state index in [9.17, 15) is 13.2 Å². The third kappa shape index (κ3) is 5.00. The molecule has 11 heteroatoms. The number of nitrogen functional groups attached to an aromatic ring is 1. The Balaban J connectivity index is 0.00000124. The maximum atomic E-state index is 13.4. The second kappa shape index (κ2) is 9.42. The lowest BCUT2D eigenvalue weighted by atomic mass is 10.0. The number of nitrogens with zero attached hydrogens (tertiary/aromatic N) is 2. The molecule has 0 unspecified atom stereocenters. The van der Waals surface area contributed by atoms with Gasteiger partial charge in [-0.25, -0.2) is 9.97 Å². The minimum Gasteiger partial charge on any atom is -0.398 e. The average Bonchev–Trinajstić information content (AvgIpc) is 3.15. The SMILES string of the molecule is CS.Nc1csc(-c2nc(Nc3cc4c(cc3Cl)CNCC4)ncc2C(F)(F)F)c1. The van der Waals surface area contributed by atoms with Crippen molar-refractivity contribution in [3.8, 4) is 10.6 Å². The van der Waals surface area contributed by atoms with E-state index in [4.69, 9.17) is 17.3 Å². The van der Waals surface area contributed by atoms with Crippen LogP contribution in [-0.4, -0.2) is 22.8 Å². The van der Waals surface area contributed by atoms with E-state index in [1.165, 1.54) is 6.07 Å². The highest BCUT2D eigenvalue weighted by atomic mass is 35.5. The number of rotatable bonds is 3. The number of nitrogens with two attached hydrogens (primary N) is 1. The molecule has 5 nitrogen and oxygen atoms in total. The smallest absolute Gasteiger partial charge is 0.398 e. The average molecular weight is 474 g/mol. The Morgan fingerprint density at radius 3 is 2.67 bits per heavy atom. The number of aromatic nitrogens is 2. The lowest BCUT2D eigenvalue weighted by Gasteiger charge is -2.19. The van der Waals surface area contributed by atoms with Gasteiger partial charge in [0, 0.05) is 23.8 Å². The first-order chi connectivity index (χ1) is 14.3. The molecular formula is C19H19ClF3N5S2. The van der Waals surface area contributed by atoms with Gasteiger partial charge < -0.3 is 16.4 Å². The van der Waals surface area contributed by atoms with Gasteiger partial charge in [-0.15, -0.1) is 11.3 Å². The molecule has 1 aliphatic rings. The highest BCUT2D eigenvalue weighted by Gasteiger charge is 2.36. The molecule has 160 valence electrons. The molecule has 0 saturated heterocycles. The van der Waals surface area contributed by atoms with Gasteiger partial charge >= 0.3 is 6.18 Å². The fourth-order valence-corrected chi connectivity index (χ4v) is 4.07. The molecule has 0 atom stereocenters. The van der Waals surface area contributed by atoms with E-state index in [2.05, 4.69) is 33.2 Å². The number of hydrogen-bond donors (Lipinski definition) is 4. The van der Waals surface area contributed by atoms with E-state index in [-0.39, 0.29) is 11.6 Å². The molecule has 0 amide bonds. The van der Waals surface area contributed by atoms with Crippen LogP contribution in [0.25, 0.3) is 10.6 Å². The number of alkyl halides is 3. The van der Waals surface area contributed by atoms with Gasteiger partial charge in [-0.2, -0.15) is 25.8 Å². The predicted molar refractivity (Wildman–Crippen MR) is 120 cm³/mol. The third-order valence-electron chi connectivity index (χ3n) is 4.37. The van der Waals surface area contributed by atoms with Crippen LogP contribution in [0.3, 0.4) is 0 Å². The molecule has 0 fully saturated rings. The van der Waals surface area contributed by atoms with Crippen LogP contribution in [-0.2, 0) is 19.1 Å². The van der Waals surface area contributed by atoms with Crippen molar-refractivity contribution in [1.29, 1.82) is 0 Å². The molecule has 2 aromatic heterocycles. The Morgan fingerprint density at radius 2 is 2.00 bits per heavy atom. The second-order valence-corrected chi connectivity index (χ2v) is 7.67. The molecule has 0 saturated carbocycles. The van der Waals surface area contributed by atoms with Gasteiger partial charge in [0.15, 0.2) is 0 Å². The number of fused-ring (bicyclic) bond motifs is 1. The van der Waals surface area contributed by atoms with E-state index >= 15 is 0 Å². The summed E-state index contributed by atoms with van der Waals surface area (Å²) in [4.78, 5) is 8.28. The predicted octanol–water partition coefficient (Wildman–Crippen LogP) is 5.39. The standard InChI is InChI=1S/C18H15ClF3N5S.CH4S/c19-13-3-10-6-24-2-1-9(10)4-14(13)26-17-25-7-12(18(20,21)22)16(27-17)15-5-11(23)8-28-15;1-2/h3-5,7-8,24H,1-2,6,23H2,(H,25,26,27);2H,1H3. The van der Waals surface area contributed by atoms with Crippen LogP contribution in [0, 0.1) is 0 Å². The van der Waals surface area contributed by atoms with E-state index in [0.717, 1.165) is 48.2 Å². The summed E-state index contributed by atoms with van der Waals surface area (Å²) in [6.45, 7) is 1.59. The first-order valence-electron chi connectivity index (χ1n) is 8.83. The quantitative estimate of drug-likeness (QED) is 0.383. The van der Waals surface area contributed by atoms with Gasteiger partial charge in [0.05, 0.1) is 21.3 Å². The molecule has 3 aromatic rings. The van der Waals surface area contributed by atoms with E-state index in [1.807, 2.05) is 12.1 Å². The van der Waals surface area contributed by atoms with Crippen LogP contribution in [0.4, 0.5) is 30.5 Å². The van der Waals surface area contributed by atoms with Crippen molar-refractivity contribution in [2.45, 2.75) is 19.1 Å². The second-order valence-electron chi connectivity index (χ2n) is 6.35. The fraction of sp³-hybridized carbons (Fsp3) is 0.263. The topological polar surface area (TPSA) is 75.9 Å². The number of benzene rings is 1. The molecule has 0 aliphatic carbocycles.